The van der Waals surface area contributed by atoms with Crippen molar-refractivity contribution in [3.8, 4) is 11.5 Å². The highest BCUT2D eigenvalue weighted by atomic mass is 35.5. The predicted molar refractivity (Wildman–Crippen MR) is 135 cm³/mol. The highest BCUT2D eigenvalue weighted by Crippen LogP contribution is 2.29. The van der Waals surface area contributed by atoms with Gasteiger partial charge in [-0.2, -0.15) is 0 Å². The molecule has 9 heteroatoms. The van der Waals surface area contributed by atoms with Gasteiger partial charge in [-0.3, -0.25) is 0 Å². The number of carbonyl (C=O) groups excluding carboxylic acids is 1. The molecule has 35 heavy (non-hydrogen) atoms. The molecule has 0 aliphatic heterocycles. The summed E-state index contributed by atoms with van der Waals surface area (Å²) < 4.78 is 16.7. The van der Waals surface area contributed by atoms with E-state index in [1.54, 1.807) is 36.1 Å². The van der Waals surface area contributed by atoms with Crippen LogP contribution in [0.4, 0.5) is 4.79 Å². The van der Waals surface area contributed by atoms with E-state index in [2.05, 4.69) is 0 Å². The topological polar surface area (TPSA) is 85.3 Å². The van der Waals surface area contributed by atoms with Crippen LogP contribution in [0.2, 0.25) is 10.0 Å². The van der Waals surface area contributed by atoms with E-state index in [4.69, 9.17) is 37.4 Å². The second-order valence-electron chi connectivity index (χ2n) is 8.52. The number of halogens is 2. The first-order valence-corrected chi connectivity index (χ1v) is 12.6. The molecule has 1 aliphatic carbocycles. The van der Waals surface area contributed by atoms with Crippen LogP contribution in [0.25, 0.3) is 0 Å². The maximum absolute atomic E-state index is 12.9. The lowest BCUT2D eigenvalue weighted by molar-refractivity contribution is -0.149. The lowest BCUT2D eigenvalue weighted by Crippen LogP contribution is -2.39. The fourth-order valence-corrected chi connectivity index (χ4v) is 4.55. The third-order valence-electron chi connectivity index (χ3n) is 5.92. The monoisotopic (exact) mass is 523 g/mol. The lowest BCUT2D eigenvalue weighted by atomic mass is 10.1. The van der Waals surface area contributed by atoms with Crippen LogP contribution in [-0.4, -0.2) is 54.5 Å². The van der Waals surface area contributed by atoms with Crippen LogP contribution in [0.15, 0.2) is 42.5 Å². The molecule has 1 N–H and O–H groups in total. The Morgan fingerprint density at radius 2 is 1.83 bits per heavy atom. The fraction of sp³-hybridized carbons (Fsp3) is 0.462. The summed E-state index contributed by atoms with van der Waals surface area (Å²) in [7, 11) is 0. The van der Waals surface area contributed by atoms with Gasteiger partial charge < -0.3 is 24.2 Å². The Kier molecular flexibility index (Phi) is 10.5. The van der Waals surface area contributed by atoms with Crippen molar-refractivity contribution in [1.82, 2.24) is 4.90 Å². The summed E-state index contributed by atoms with van der Waals surface area (Å²) in [6, 6.07) is 11.9. The summed E-state index contributed by atoms with van der Waals surface area (Å²) in [4.78, 5) is 25.9. The number of aliphatic carboxylic acids is 1. The molecule has 2 aromatic carbocycles. The summed E-state index contributed by atoms with van der Waals surface area (Å²) in [6.07, 6.45) is 3.45. The summed E-state index contributed by atoms with van der Waals surface area (Å²) in [5.41, 5.74) is 0.837. The first-order valence-electron chi connectivity index (χ1n) is 11.8. The molecule has 0 heterocycles. The molecule has 0 bridgehead atoms. The van der Waals surface area contributed by atoms with E-state index < -0.39 is 18.2 Å². The molecule has 0 saturated heterocycles. The van der Waals surface area contributed by atoms with Crippen molar-refractivity contribution in [2.24, 2.45) is 5.92 Å². The summed E-state index contributed by atoms with van der Waals surface area (Å²) >= 11 is 12.1. The highest BCUT2D eigenvalue weighted by Gasteiger charge is 2.24. The second-order valence-corrected chi connectivity index (χ2v) is 9.36. The van der Waals surface area contributed by atoms with Crippen molar-refractivity contribution >= 4 is 35.3 Å². The highest BCUT2D eigenvalue weighted by molar-refractivity contribution is 6.35. The van der Waals surface area contributed by atoms with Gasteiger partial charge in [0.1, 0.15) is 12.4 Å². The van der Waals surface area contributed by atoms with Gasteiger partial charge in [0.2, 0.25) is 0 Å². The number of ether oxygens (including phenoxy) is 3. The van der Waals surface area contributed by atoms with Crippen molar-refractivity contribution in [3.63, 3.8) is 0 Å². The van der Waals surface area contributed by atoms with Gasteiger partial charge in [-0.25, -0.2) is 9.59 Å². The molecule has 1 amide bonds. The Morgan fingerprint density at radius 1 is 1.11 bits per heavy atom. The van der Waals surface area contributed by atoms with Crippen molar-refractivity contribution in [1.29, 1.82) is 0 Å². The number of carboxylic acid groups (broad SMARTS) is 1. The molecule has 1 unspecified atom stereocenters. The standard InChI is InChI=1S/C26H31Cl2NO6/c1-2-33-24(25(30)31)15-18-7-10-21(11-8-18)34-14-13-29(17-19-5-3-4-6-19)26(32)35-23-12-9-20(27)16-22(23)28/h7-12,16,19,24H,2-6,13-15,17H2,1H3,(H,30,31). The number of amides is 1. The molecule has 0 aromatic heterocycles. The van der Waals surface area contributed by atoms with Crippen LogP contribution in [0.3, 0.4) is 0 Å². The third kappa shape index (κ3) is 8.60. The van der Waals surface area contributed by atoms with Gasteiger partial charge in [-0.1, -0.05) is 48.2 Å². The minimum Gasteiger partial charge on any atom is -0.492 e. The van der Waals surface area contributed by atoms with Crippen molar-refractivity contribution in [2.45, 2.75) is 45.1 Å². The Bertz CT molecular complexity index is 978. The Morgan fingerprint density at radius 3 is 2.46 bits per heavy atom. The lowest BCUT2D eigenvalue weighted by Gasteiger charge is -2.25. The van der Waals surface area contributed by atoms with E-state index in [-0.39, 0.29) is 23.8 Å². The zero-order valence-corrected chi connectivity index (χ0v) is 21.3. The quantitative estimate of drug-likeness (QED) is 0.362. The molecule has 0 radical (unpaired) electrons. The fourth-order valence-electron chi connectivity index (χ4n) is 4.11. The van der Waals surface area contributed by atoms with E-state index in [9.17, 15) is 14.7 Å². The largest absolute Gasteiger partial charge is 0.492 e. The molecule has 7 nitrogen and oxygen atoms in total. The maximum atomic E-state index is 12.9. The van der Waals surface area contributed by atoms with Crippen LogP contribution in [0.5, 0.6) is 11.5 Å². The molecule has 0 spiro atoms. The third-order valence-corrected chi connectivity index (χ3v) is 6.45. The number of nitrogens with zero attached hydrogens (tertiary/aromatic N) is 1. The van der Waals surface area contributed by atoms with Crippen molar-refractivity contribution in [2.75, 3.05) is 26.3 Å². The minimum atomic E-state index is -0.985. The molecule has 1 saturated carbocycles. The van der Waals surface area contributed by atoms with Gasteiger partial charge >= 0.3 is 12.1 Å². The van der Waals surface area contributed by atoms with E-state index in [0.29, 0.717) is 36.4 Å². The van der Waals surface area contributed by atoms with Gasteiger partial charge in [0, 0.05) is 24.6 Å². The SMILES string of the molecule is CCOC(Cc1ccc(OCCN(CC2CCCC2)C(=O)Oc2ccc(Cl)cc2Cl)cc1)C(=O)O. The van der Waals surface area contributed by atoms with Gasteiger partial charge in [0.05, 0.1) is 11.6 Å². The van der Waals surface area contributed by atoms with Gasteiger partial charge in [-0.05, 0) is 61.6 Å². The summed E-state index contributed by atoms with van der Waals surface area (Å²) in [5, 5.41) is 9.99. The summed E-state index contributed by atoms with van der Waals surface area (Å²) in [5.74, 6) is 0.351. The number of benzene rings is 2. The number of rotatable bonds is 12. The first-order chi connectivity index (χ1) is 16.9. The average Bonchev–Trinajstić information content (AvgIpc) is 3.34. The number of carboxylic acids is 1. The molecular formula is C26H31Cl2NO6. The maximum Gasteiger partial charge on any atom is 0.415 e. The number of carbonyl (C=O) groups is 2. The van der Waals surface area contributed by atoms with E-state index in [1.807, 2.05) is 12.1 Å². The number of hydrogen-bond acceptors (Lipinski definition) is 5. The zero-order chi connectivity index (χ0) is 25.2. The molecule has 1 aliphatic rings. The van der Waals surface area contributed by atoms with Crippen LogP contribution in [-0.2, 0) is 16.0 Å². The molecule has 190 valence electrons. The van der Waals surface area contributed by atoms with Crippen molar-refractivity contribution in [3.05, 3.63) is 58.1 Å². The first kappa shape index (κ1) is 27.1. The van der Waals surface area contributed by atoms with Crippen LogP contribution in [0.1, 0.15) is 38.2 Å². The Balaban J connectivity index is 1.56. The zero-order valence-electron chi connectivity index (χ0n) is 19.8. The smallest absolute Gasteiger partial charge is 0.415 e. The van der Waals surface area contributed by atoms with Crippen LogP contribution >= 0.6 is 23.2 Å². The second kappa shape index (κ2) is 13.6. The van der Waals surface area contributed by atoms with E-state index in [0.717, 1.165) is 18.4 Å². The van der Waals surface area contributed by atoms with Crippen LogP contribution in [0, 0.1) is 5.92 Å². The molecule has 1 fully saturated rings. The van der Waals surface area contributed by atoms with Crippen LogP contribution < -0.4 is 9.47 Å². The summed E-state index contributed by atoms with van der Waals surface area (Å²) in [6.45, 7) is 3.34. The van der Waals surface area contributed by atoms with E-state index in [1.165, 1.54) is 18.9 Å². The molecule has 1 atom stereocenters. The van der Waals surface area contributed by atoms with Gasteiger partial charge in [0.15, 0.2) is 11.9 Å². The Hall–Kier alpha value is -2.48. The van der Waals surface area contributed by atoms with Crippen molar-refractivity contribution < 1.29 is 28.9 Å². The molecule has 3 rings (SSSR count). The van der Waals surface area contributed by atoms with Gasteiger partial charge in [0.25, 0.3) is 0 Å². The van der Waals surface area contributed by atoms with Gasteiger partial charge in [-0.15, -0.1) is 0 Å². The molecular weight excluding hydrogens is 493 g/mol. The predicted octanol–water partition coefficient (Wildman–Crippen LogP) is 6.10. The number of hydrogen-bond donors (Lipinski definition) is 1. The Labute approximate surface area is 215 Å². The normalized spacial score (nSPS) is 14.5. The average molecular weight is 524 g/mol. The molecule has 2 aromatic rings. The minimum absolute atomic E-state index is 0.265. The van der Waals surface area contributed by atoms with E-state index >= 15 is 0 Å².